The average Bonchev–Trinajstić information content (AvgIpc) is 2.24. The van der Waals surface area contributed by atoms with Crippen molar-refractivity contribution in [3.63, 3.8) is 0 Å². The van der Waals surface area contributed by atoms with E-state index >= 15 is 0 Å². The molecule has 0 radical (unpaired) electrons. The molecule has 0 spiro atoms. The lowest BCUT2D eigenvalue weighted by atomic mass is 10.2. The van der Waals surface area contributed by atoms with Gasteiger partial charge in [-0.15, -0.1) is 0 Å². The van der Waals surface area contributed by atoms with Crippen LogP contribution >= 0.6 is 15.9 Å². The maximum absolute atomic E-state index is 13.6. The second kappa shape index (κ2) is 5.84. The SMILES string of the molecule is CCCCOc1ccc(C(=O)O)c(Br)c1F. The number of hydrogen-bond acceptors (Lipinski definition) is 2. The molecule has 1 N–H and O–H groups in total. The van der Waals surface area contributed by atoms with Gasteiger partial charge in [0.25, 0.3) is 0 Å². The van der Waals surface area contributed by atoms with Crippen LogP contribution in [-0.2, 0) is 0 Å². The van der Waals surface area contributed by atoms with E-state index < -0.39 is 11.8 Å². The first-order valence-electron chi connectivity index (χ1n) is 4.92. The van der Waals surface area contributed by atoms with E-state index in [4.69, 9.17) is 9.84 Å². The van der Waals surface area contributed by atoms with E-state index in [2.05, 4.69) is 15.9 Å². The molecule has 0 unspecified atom stereocenters. The predicted octanol–water partition coefficient (Wildman–Crippen LogP) is 3.47. The number of unbranched alkanes of at least 4 members (excludes halogenated alkanes) is 1. The minimum Gasteiger partial charge on any atom is -0.490 e. The summed E-state index contributed by atoms with van der Waals surface area (Å²) in [5.74, 6) is -1.77. The van der Waals surface area contributed by atoms with Crippen molar-refractivity contribution in [1.29, 1.82) is 0 Å². The van der Waals surface area contributed by atoms with Gasteiger partial charge in [0.1, 0.15) is 0 Å². The number of ether oxygens (including phenoxy) is 1. The van der Waals surface area contributed by atoms with Gasteiger partial charge in [-0.05, 0) is 34.5 Å². The highest BCUT2D eigenvalue weighted by atomic mass is 79.9. The van der Waals surface area contributed by atoms with Gasteiger partial charge >= 0.3 is 5.97 Å². The van der Waals surface area contributed by atoms with Crippen LogP contribution < -0.4 is 4.74 Å². The first kappa shape index (κ1) is 13.0. The molecule has 5 heteroatoms. The van der Waals surface area contributed by atoms with Crippen molar-refractivity contribution in [3.8, 4) is 5.75 Å². The van der Waals surface area contributed by atoms with Crippen molar-refractivity contribution in [1.82, 2.24) is 0 Å². The zero-order valence-corrected chi connectivity index (χ0v) is 10.4. The maximum Gasteiger partial charge on any atom is 0.336 e. The summed E-state index contributed by atoms with van der Waals surface area (Å²) in [7, 11) is 0. The van der Waals surface area contributed by atoms with Gasteiger partial charge in [0, 0.05) is 0 Å². The van der Waals surface area contributed by atoms with Crippen LogP contribution in [0.3, 0.4) is 0 Å². The summed E-state index contributed by atoms with van der Waals surface area (Å²) in [4.78, 5) is 10.7. The molecule has 0 amide bonds. The highest BCUT2D eigenvalue weighted by molar-refractivity contribution is 9.10. The van der Waals surface area contributed by atoms with E-state index in [1.165, 1.54) is 12.1 Å². The van der Waals surface area contributed by atoms with Crippen LogP contribution in [-0.4, -0.2) is 17.7 Å². The monoisotopic (exact) mass is 290 g/mol. The highest BCUT2D eigenvalue weighted by Gasteiger charge is 2.16. The van der Waals surface area contributed by atoms with Crippen molar-refractivity contribution in [2.45, 2.75) is 19.8 Å². The number of benzene rings is 1. The Bertz CT molecular complexity index is 393. The van der Waals surface area contributed by atoms with Crippen molar-refractivity contribution in [2.24, 2.45) is 0 Å². The van der Waals surface area contributed by atoms with Gasteiger partial charge in [-0.2, -0.15) is 0 Å². The second-order valence-electron chi connectivity index (χ2n) is 3.25. The number of carboxylic acids is 1. The molecule has 16 heavy (non-hydrogen) atoms. The third-order valence-electron chi connectivity index (χ3n) is 2.03. The molecule has 1 aromatic rings. The number of carbonyl (C=O) groups is 1. The molecule has 1 aromatic carbocycles. The van der Waals surface area contributed by atoms with Crippen LogP contribution in [0.5, 0.6) is 5.75 Å². The molecular formula is C11H12BrFO3. The molecule has 1 rings (SSSR count). The molecule has 0 aromatic heterocycles. The summed E-state index contributed by atoms with van der Waals surface area (Å²) in [6.45, 7) is 2.43. The Labute approximate surface area is 101 Å². The van der Waals surface area contributed by atoms with E-state index in [0.717, 1.165) is 12.8 Å². The van der Waals surface area contributed by atoms with Crippen LogP contribution in [0.25, 0.3) is 0 Å². The summed E-state index contributed by atoms with van der Waals surface area (Å²) in [6.07, 6.45) is 1.79. The Kier molecular flexibility index (Phi) is 4.73. The van der Waals surface area contributed by atoms with Gasteiger partial charge in [-0.1, -0.05) is 13.3 Å². The summed E-state index contributed by atoms with van der Waals surface area (Å²) in [5.41, 5.74) is -0.111. The highest BCUT2D eigenvalue weighted by Crippen LogP contribution is 2.28. The molecule has 0 aliphatic rings. The zero-order chi connectivity index (χ0) is 12.1. The number of rotatable bonds is 5. The Morgan fingerprint density at radius 3 is 2.81 bits per heavy atom. The van der Waals surface area contributed by atoms with Crippen LogP contribution in [0.15, 0.2) is 16.6 Å². The first-order chi connectivity index (χ1) is 7.57. The number of hydrogen-bond donors (Lipinski definition) is 1. The van der Waals surface area contributed by atoms with Gasteiger partial charge < -0.3 is 9.84 Å². The Morgan fingerprint density at radius 2 is 2.25 bits per heavy atom. The third-order valence-corrected chi connectivity index (χ3v) is 2.81. The topological polar surface area (TPSA) is 46.5 Å². The molecule has 0 heterocycles. The zero-order valence-electron chi connectivity index (χ0n) is 8.80. The lowest BCUT2D eigenvalue weighted by Gasteiger charge is -2.08. The van der Waals surface area contributed by atoms with Crippen LogP contribution in [0.1, 0.15) is 30.1 Å². The lowest BCUT2D eigenvalue weighted by molar-refractivity contribution is 0.0695. The predicted molar refractivity (Wildman–Crippen MR) is 61.5 cm³/mol. The molecule has 0 saturated carbocycles. The molecule has 0 saturated heterocycles. The second-order valence-corrected chi connectivity index (χ2v) is 4.04. The fraction of sp³-hybridized carbons (Fsp3) is 0.364. The fourth-order valence-corrected chi connectivity index (χ4v) is 1.63. The van der Waals surface area contributed by atoms with Crippen molar-refractivity contribution in [2.75, 3.05) is 6.61 Å². The van der Waals surface area contributed by atoms with Gasteiger partial charge in [0.05, 0.1) is 16.6 Å². The summed E-state index contributed by atoms with van der Waals surface area (Å²) in [6, 6.07) is 2.65. The summed E-state index contributed by atoms with van der Waals surface area (Å²) < 4.78 is 18.7. The van der Waals surface area contributed by atoms with E-state index in [1.807, 2.05) is 6.92 Å². The lowest BCUT2D eigenvalue weighted by Crippen LogP contribution is -2.03. The molecule has 0 atom stereocenters. The molecule has 88 valence electrons. The third kappa shape index (κ3) is 2.95. The Balaban J connectivity index is 2.89. The van der Waals surface area contributed by atoms with E-state index in [0.29, 0.717) is 6.61 Å². The Hall–Kier alpha value is -1.10. The van der Waals surface area contributed by atoms with Crippen molar-refractivity contribution in [3.05, 3.63) is 28.0 Å². The minimum absolute atomic E-state index is 0.0744. The quantitative estimate of drug-likeness (QED) is 0.845. The maximum atomic E-state index is 13.6. The first-order valence-corrected chi connectivity index (χ1v) is 5.71. The standard InChI is InChI=1S/C11H12BrFO3/c1-2-3-6-16-8-5-4-7(11(14)15)9(12)10(8)13/h4-5H,2-3,6H2,1H3,(H,14,15). The molecule has 0 fully saturated rings. The van der Waals surface area contributed by atoms with Gasteiger partial charge in [-0.3, -0.25) is 0 Å². The number of carboxylic acid groups (broad SMARTS) is 1. The smallest absolute Gasteiger partial charge is 0.336 e. The molecular weight excluding hydrogens is 279 g/mol. The van der Waals surface area contributed by atoms with Crippen LogP contribution in [0.2, 0.25) is 0 Å². The average molecular weight is 291 g/mol. The van der Waals surface area contributed by atoms with Crippen LogP contribution in [0, 0.1) is 5.82 Å². The molecule has 0 aliphatic heterocycles. The molecule has 0 bridgehead atoms. The fourth-order valence-electron chi connectivity index (χ4n) is 1.13. The van der Waals surface area contributed by atoms with Gasteiger partial charge in [0.2, 0.25) is 0 Å². The molecule has 3 nitrogen and oxygen atoms in total. The van der Waals surface area contributed by atoms with E-state index in [1.54, 1.807) is 0 Å². The van der Waals surface area contributed by atoms with Crippen molar-refractivity contribution >= 4 is 21.9 Å². The molecule has 0 aliphatic carbocycles. The summed E-state index contributed by atoms with van der Waals surface area (Å²) in [5, 5.41) is 8.76. The van der Waals surface area contributed by atoms with Crippen molar-refractivity contribution < 1.29 is 19.0 Å². The normalized spacial score (nSPS) is 10.2. The number of aromatic carboxylic acids is 1. The van der Waals surface area contributed by atoms with E-state index in [9.17, 15) is 9.18 Å². The largest absolute Gasteiger partial charge is 0.490 e. The van der Waals surface area contributed by atoms with E-state index in [-0.39, 0.29) is 15.8 Å². The van der Waals surface area contributed by atoms with Crippen LogP contribution in [0.4, 0.5) is 4.39 Å². The number of halogens is 2. The van der Waals surface area contributed by atoms with Gasteiger partial charge in [0.15, 0.2) is 11.6 Å². The summed E-state index contributed by atoms with van der Waals surface area (Å²) >= 11 is 2.90. The Morgan fingerprint density at radius 1 is 1.56 bits per heavy atom. The van der Waals surface area contributed by atoms with Gasteiger partial charge in [-0.25, -0.2) is 9.18 Å². The minimum atomic E-state index is -1.18.